The standard InChI is InChI=1S/C16H19F2N3O2S/c1-16(2,3)23-15(22)21-6-4-20(5-7-21)14-19-13-11(18)8-10(17)9-12(13)24-14/h8-9H,4-7H2,1-3H3. The van der Waals surface area contributed by atoms with Gasteiger partial charge >= 0.3 is 6.09 Å². The second-order valence-electron chi connectivity index (χ2n) is 6.69. The molecule has 2 heterocycles. The first-order chi connectivity index (χ1) is 11.2. The van der Waals surface area contributed by atoms with E-state index in [1.165, 1.54) is 17.4 Å². The normalized spacial score (nSPS) is 15.9. The van der Waals surface area contributed by atoms with Gasteiger partial charge in [-0.15, -0.1) is 0 Å². The number of benzene rings is 1. The number of hydrogen-bond donors (Lipinski definition) is 0. The molecule has 0 bridgehead atoms. The Hall–Kier alpha value is -1.96. The Balaban J connectivity index is 1.69. The average molecular weight is 355 g/mol. The van der Waals surface area contributed by atoms with Crippen molar-refractivity contribution in [3.05, 3.63) is 23.8 Å². The van der Waals surface area contributed by atoms with Crippen LogP contribution in [0.5, 0.6) is 0 Å². The fourth-order valence-electron chi connectivity index (χ4n) is 2.49. The van der Waals surface area contributed by atoms with Gasteiger partial charge in [-0.2, -0.15) is 0 Å². The van der Waals surface area contributed by atoms with Crippen LogP contribution in [0.4, 0.5) is 18.7 Å². The highest BCUT2D eigenvalue weighted by Gasteiger charge is 2.27. The molecule has 1 aliphatic rings. The molecular weight excluding hydrogens is 336 g/mol. The number of aromatic nitrogens is 1. The van der Waals surface area contributed by atoms with Crippen LogP contribution in [0.15, 0.2) is 12.1 Å². The lowest BCUT2D eigenvalue weighted by molar-refractivity contribution is 0.0240. The number of rotatable bonds is 1. The van der Waals surface area contributed by atoms with Gasteiger partial charge in [0.15, 0.2) is 10.9 Å². The first-order valence-electron chi connectivity index (χ1n) is 7.71. The van der Waals surface area contributed by atoms with Gasteiger partial charge in [0.2, 0.25) is 0 Å². The van der Waals surface area contributed by atoms with Crippen LogP contribution < -0.4 is 4.90 Å². The summed E-state index contributed by atoms with van der Waals surface area (Å²) in [7, 11) is 0. The summed E-state index contributed by atoms with van der Waals surface area (Å²) in [4.78, 5) is 20.0. The van der Waals surface area contributed by atoms with Gasteiger partial charge in [0.05, 0.1) is 4.70 Å². The zero-order chi connectivity index (χ0) is 17.5. The Labute approximate surface area is 142 Å². The van der Waals surface area contributed by atoms with Crippen LogP contribution in [-0.2, 0) is 4.74 Å². The maximum absolute atomic E-state index is 13.8. The second-order valence-corrected chi connectivity index (χ2v) is 7.69. The highest BCUT2D eigenvalue weighted by atomic mass is 32.1. The number of carbonyl (C=O) groups excluding carboxylic acids is 1. The lowest BCUT2D eigenvalue weighted by Gasteiger charge is -2.35. The summed E-state index contributed by atoms with van der Waals surface area (Å²) in [5.74, 6) is -1.26. The Morgan fingerprint density at radius 2 is 1.88 bits per heavy atom. The predicted molar refractivity (Wildman–Crippen MR) is 89.6 cm³/mol. The smallest absolute Gasteiger partial charge is 0.410 e. The number of carbonyl (C=O) groups is 1. The van der Waals surface area contributed by atoms with Crippen LogP contribution in [0.1, 0.15) is 20.8 Å². The minimum Gasteiger partial charge on any atom is -0.444 e. The molecule has 0 N–H and O–H groups in total. The van der Waals surface area contributed by atoms with E-state index in [1.807, 2.05) is 25.7 Å². The first-order valence-corrected chi connectivity index (χ1v) is 8.53. The number of hydrogen-bond acceptors (Lipinski definition) is 5. The average Bonchev–Trinajstić information content (AvgIpc) is 2.90. The molecule has 8 heteroatoms. The van der Waals surface area contributed by atoms with E-state index in [-0.39, 0.29) is 11.6 Å². The van der Waals surface area contributed by atoms with Crippen LogP contribution in [0.3, 0.4) is 0 Å². The maximum Gasteiger partial charge on any atom is 0.410 e. The Morgan fingerprint density at radius 3 is 2.50 bits per heavy atom. The van der Waals surface area contributed by atoms with Gasteiger partial charge in [-0.3, -0.25) is 0 Å². The van der Waals surface area contributed by atoms with E-state index in [0.717, 1.165) is 6.07 Å². The number of fused-ring (bicyclic) bond motifs is 1. The number of amides is 1. The molecule has 3 rings (SSSR count). The molecule has 1 aromatic carbocycles. The molecule has 130 valence electrons. The number of halogens is 2. The Kier molecular flexibility index (Phi) is 4.33. The summed E-state index contributed by atoms with van der Waals surface area (Å²) in [5, 5.41) is 0.637. The molecule has 0 atom stereocenters. The van der Waals surface area contributed by atoms with Crippen molar-refractivity contribution in [2.45, 2.75) is 26.4 Å². The van der Waals surface area contributed by atoms with Gasteiger partial charge in [0.1, 0.15) is 16.9 Å². The third-order valence-electron chi connectivity index (χ3n) is 3.60. The zero-order valence-electron chi connectivity index (χ0n) is 13.8. The van der Waals surface area contributed by atoms with Crippen molar-refractivity contribution in [1.29, 1.82) is 0 Å². The molecule has 24 heavy (non-hydrogen) atoms. The topological polar surface area (TPSA) is 45.7 Å². The van der Waals surface area contributed by atoms with Crippen molar-refractivity contribution in [3.63, 3.8) is 0 Å². The number of anilines is 1. The molecule has 1 fully saturated rings. The van der Waals surface area contributed by atoms with E-state index >= 15 is 0 Å². The van der Waals surface area contributed by atoms with Gasteiger partial charge in [-0.05, 0) is 26.8 Å². The molecule has 1 amide bonds. The minimum absolute atomic E-state index is 0.186. The summed E-state index contributed by atoms with van der Waals surface area (Å²) in [5.41, 5.74) is -0.339. The molecule has 1 aliphatic heterocycles. The van der Waals surface area contributed by atoms with Crippen LogP contribution in [0.25, 0.3) is 10.2 Å². The maximum atomic E-state index is 13.8. The highest BCUT2D eigenvalue weighted by Crippen LogP contribution is 2.31. The first kappa shape index (κ1) is 16.9. The van der Waals surface area contributed by atoms with Gasteiger partial charge in [0, 0.05) is 32.2 Å². The summed E-state index contributed by atoms with van der Waals surface area (Å²) in [6.45, 7) is 7.64. The van der Waals surface area contributed by atoms with E-state index in [9.17, 15) is 13.6 Å². The van der Waals surface area contributed by atoms with Crippen LogP contribution in [0, 0.1) is 11.6 Å². The molecule has 0 radical (unpaired) electrons. The van der Waals surface area contributed by atoms with E-state index in [1.54, 1.807) is 4.90 Å². The van der Waals surface area contributed by atoms with Crippen molar-refractivity contribution in [3.8, 4) is 0 Å². The summed E-state index contributed by atoms with van der Waals surface area (Å²) in [6, 6.07) is 2.13. The lowest BCUT2D eigenvalue weighted by Crippen LogP contribution is -2.50. The van der Waals surface area contributed by atoms with Gasteiger partial charge < -0.3 is 14.5 Å². The Morgan fingerprint density at radius 1 is 1.21 bits per heavy atom. The summed E-state index contributed by atoms with van der Waals surface area (Å²) >= 11 is 1.25. The molecule has 1 saturated heterocycles. The van der Waals surface area contributed by atoms with Crippen molar-refractivity contribution in [2.24, 2.45) is 0 Å². The third kappa shape index (κ3) is 3.58. The van der Waals surface area contributed by atoms with Crippen LogP contribution in [-0.4, -0.2) is 47.8 Å². The number of nitrogens with zero attached hydrogens (tertiary/aromatic N) is 3. The monoisotopic (exact) mass is 355 g/mol. The van der Waals surface area contributed by atoms with Crippen LogP contribution >= 0.6 is 11.3 Å². The molecular formula is C16H19F2N3O2S. The van der Waals surface area contributed by atoms with E-state index in [2.05, 4.69) is 4.98 Å². The van der Waals surface area contributed by atoms with E-state index in [4.69, 9.17) is 4.74 Å². The van der Waals surface area contributed by atoms with E-state index < -0.39 is 17.2 Å². The van der Waals surface area contributed by atoms with Crippen molar-refractivity contribution < 1.29 is 18.3 Å². The summed E-state index contributed by atoms with van der Waals surface area (Å²) < 4.78 is 32.9. The summed E-state index contributed by atoms with van der Waals surface area (Å²) in [6.07, 6.45) is -0.334. The number of piperazine rings is 1. The molecule has 0 aliphatic carbocycles. The van der Waals surface area contributed by atoms with Gasteiger partial charge in [-0.1, -0.05) is 11.3 Å². The number of ether oxygens (including phenoxy) is 1. The minimum atomic E-state index is -0.653. The highest BCUT2D eigenvalue weighted by molar-refractivity contribution is 7.22. The fraction of sp³-hybridized carbons (Fsp3) is 0.500. The number of thiazole rings is 1. The predicted octanol–water partition coefficient (Wildman–Crippen LogP) is 3.63. The largest absolute Gasteiger partial charge is 0.444 e. The van der Waals surface area contributed by atoms with E-state index in [0.29, 0.717) is 36.0 Å². The molecule has 0 saturated carbocycles. The Bertz CT molecular complexity index is 765. The zero-order valence-corrected chi connectivity index (χ0v) is 14.6. The molecule has 2 aromatic rings. The molecule has 1 aromatic heterocycles. The van der Waals surface area contributed by atoms with Crippen LogP contribution in [0.2, 0.25) is 0 Å². The second kappa shape index (κ2) is 6.16. The van der Waals surface area contributed by atoms with Crippen molar-refractivity contribution >= 4 is 32.8 Å². The molecule has 5 nitrogen and oxygen atoms in total. The fourth-order valence-corrected chi connectivity index (χ4v) is 3.54. The van der Waals surface area contributed by atoms with Gasteiger partial charge in [-0.25, -0.2) is 18.6 Å². The molecule has 0 unspecified atom stereocenters. The molecule has 0 spiro atoms. The lowest BCUT2D eigenvalue weighted by atomic mass is 10.2. The van der Waals surface area contributed by atoms with Crippen molar-refractivity contribution in [1.82, 2.24) is 9.88 Å². The third-order valence-corrected chi connectivity index (χ3v) is 4.67. The van der Waals surface area contributed by atoms with Crippen molar-refractivity contribution in [2.75, 3.05) is 31.1 Å². The van der Waals surface area contributed by atoms with Gasteiger partial charge in [0.25, 0.3) is 0 Å². The quantitative estimate of drug-likeness (QED) is 0.784. The SMILES string of the molecule is CC(C)(C)OC(=O)N1CCN(c2nc3c(F)cc(F)cc3s2)CC1.